The minimum atomic E-state index is -0.748. The van der Waals surface area contributed by atoms with Crippen LogP contribution in [0.3, 0.4) is 0 Å². The van der Waals surface area contributed by atoms with Crippen molar-refractivity contribution in [2.24, 2.45) is 11.8 Å². The number of H-pyrrole nitrogens is 1. The fraction of sp³-hybridized carbons (Fsp3) is 0.500. The van der Waals surface area contributed by atoms with E-state index in [1.165, 1.54) is 6.33 Å². The van der Waals surface area contributed by atoms with Gasteiger partial charge in [-0.3, -0.25) is 14.8 Å². The van der Waals surface area contributed by atoms with Crippen molar-refractivity contribution in [3.63, 3.8) is 0 Å². The van der Waals surface area contributed by atoms with Gasteiger partial charge in [0.2, 0.25) is 5.91 Å². The summed E-state index contributed by atoms with van der Waals surface area (Å²) in [4.78, 5) is 38.1. The van der Waals surface area contributed by atoms with Gasteiger partial charge in [0.15, 0.2) is 0 Å². The molecule has 0 aromatic carbocycles. The number of rotatable bonds is 7. The Labute approximate surface area is 196 Å². The Morgan fingerprint density at radius 1 is 1.32 bits per heavy atom. The number of nitrogens with zero attached hydrogens (tertiary/aromatic N) is 6. The normalized spacial score (nSPS) is 27.0. The van der Waals surface area contributed by atoms with Crippen LogP contribution in [-0.4, -0.2) is 67.0 Å². The van der Waals surface area contributed by atoms with E-state index in [1.807, 2.05) is 28.0 Å². The molecule has 0 bridgehead atoms. The van der Waals surface area contributed by atoms with Gasteiger partial charge in [-0.15, -0.1) is 0 Å². The highest BCUT2D eigenvalue weighted by atomic mass is 16.2. The lowest BCUT2D eigenvalue weighted by Gasteiger charge is -2.30. The predicted octanol–water partition coefficient (Wildman–Crippen LogP) is 1.62. The number of aromatic nitrogens is 5. The number of fused-ring (bicyclic) bond motifs is 2. The third-order valence-corrected chi connectivity index (χ3v) is 7.67. The fourth-order valence-electron chi connectivity index (χ4n) is 5.88. The predicted molar refractivity (Wildman–Crippen MR) is 122 cm³/mol. The van der Waals surface area contributed by atoms with Crippen LogP contribution in [0.15, 0.2) is 31.0 Å². The van der Waals surface area contributed by atoms with Crippen LogP contribution in [0.5, 0.6) is 0 Å². The molecule has 174 valence electrons. The molecule has 1 aliphatic heterocycles. The van der Waals surface area contributed by atoms with Crippen molar-refractivity contribution in [3.8, 4) is 17.3 Å². The van der Waals surface area contributed by atoms with Gasteiger partial charge in [0.1, 0.15) is 24.3 Å². The largest absolute Gasteiger partial charge is 0.346 e. The second-order valence-electron chi connectivity index (χ2n) is 9.92. The quantitative estimate of drug-likeness (QED) is 0.406. The Balaban J connectivity index is 1.21. The Morgan fingerprint density at radius 2 is 2.12 bits per heavy atom. The Bertz CT molecular complexity index is 1270. The summed E-state index contributed by atoms with van der Waals surface area (Å²) in [7, 11) is 0. The molecular formula is C24H26N8O2. The van der Waals surface area contributed by atoms with Gasteiger partial charge in [0.05, 0.1) is 29.9 Å². The van der Waals surface area contributed by atoms with Gasteiger partial charge in [-0.25, -0.2) is 9.97 Å². The zero-order chi connectivity index (χ0) is 23.3. The first kappa shape index (κ1) is 21.0. The lowest BCUT2D eigenvalue weighted by molar-refractivity contribution is -0.135. The van der Waals surface area contributed by atoms with Gasteiger partial charge in [-0.1, -0.05) is 0 Å². The van der Waals surface area contributed by atoms with E-state index in [9.17, 15) is 14.9 Å². The summed E-state index contributed by atoms with van der Waals surface area (Å²) in [5.74, 6) is 0.449. The molecule has 4 atom stereocenters. The molecule has 2 aliphatic carbocycles. The summed E-state index contributed by atoms with van der Waals surface area (Å²) < 4.78 is 1.94. The van der Waals surface area contributed by atoms with E-state index in [0.717, 1.165) is 54.3 Å². The molecule has 2 unspecified atom stereocenters. The molecule has 0 spiro atoms. The number of nitriles is 1. The number of aldehydes is 1. The molecule has 2 saturated carbocycles. The molecule has 4 heterocycles. The van der Waals surface area contributed by atoms with E-state index in [-0.39, 0.29) is 17.7 Å². The minimum absolute atomic E-state index is 0.122. The van der Waals surface area contributed by atoms with Crippen LogP contribution in [0.2, 0.25) is 0 Å². The summed E-state index contributed by atoms with van der Waals surface area (Å²) in [6.07, 6.45) is 11.9. The second-order valence-corrected chi connectivity index (χ2v) is 9.92. The molecular weight excluding hydrogens is 432 g/mol. The van der Waals surface area contributed by atoms with Gasteiger partial charge in [-0.05, 0) is 43.6 Å². The molecule has 10 heteroatoms. The van der Waals surface area contributed by atoms with Gasteiger partial charge in [0, 0.05) is 42.5 Å². The molecule has 0 radical (unpaired) electrons. The molecule has 3 aromatic heterocycles. The number of hydrogen-bond donors (Lipinski definition) is 2. The summed E-state index contributed by atoms with van der Waals surface area (Å²) in [6.45, 7) is 1.24. The molecule has 1 saturated heterocycles. The number of likely N-dealkylation sites (tertiary alicyclic amines) is 1. The summed E-state index contributed by atoms with van der Waals surface area (Å²) in [5.41, 5.74) is 2.06. The maximum Gasteiger partial charge on any atom is 0.247 e. The summed E-state index contributed by atoms with van der Waals surface area (Å²) in [6, 6.07) is 3.87. The molecule has 10 nitrogen and oxygen atoms in total. The smallest absolute Gasteiger partial charge is 0.247 e. The average molecular weight is 459 g/mol. The van der Waals surface area contributed by atoms with Crippen LogP contribution in [-0.2, 0) is 15.1 Å². The van der Waals surface area contributed by atoms with E-state index in [4.69, 9.17) is 0 Å². The van der Waals surface area contributed by atoms with Crippen LogP contribution in [0.4, 0.5) is 0 Å². The van der Waals surface area contributed by atoms with Crippen LogP contribution < -0.4 is 5.32 Å². The summed E-state index contributed by atoms with van der Waals surface area (Å²) in [5, 5.41) is 18.4. The summed E-state index contributed by atoms with van der Waals surface area (Å²) >= 11 is 0. The molecule has 34 heavy (non-hydrogen) atoms. The standard InChI is InChI=1S/C24H26N8O2/c25-5-4-24(32-12-17(9-29-32)21-19-3-6-26-22(19)28-14-27-21)7-15-10-31(11-16(15)8-24)23(34)20(13-33)30-18-1-2-18/h3,6,9,12-16,18,20,30H,1-2,4,7-8,10-11H2,(H,26,27,28)/t15-,16+,20?,24?. The molecule has 3 aromatic rings. The monoisotopic (exact) mass is 458 g/mol. The van der Waals surface area contributed by atoms with Crippen molar-refractivity contribution < 1.29 is 9.59 Å². The van der Waals surface area contributed by atoms with Crippen LogP contribution in [0.25, 0.3) is 22.3 Å². The number of carbonyl (C=O) groups is 2. The van der Waals surface area contributed by atoms with Crippen molar-refractivity contribution >= 4 is 23.2 Å². The van der Waals surface area contributed by atoms with E-state index in [2.05, 4.69) is 31.4 Å². The maximum absolute atomic E-state index is 12.9. The highest BCUT2D eigenvalue weighted by Gasteiger charge is 2.52. The van der Waals surface area contributed by atoms with Crippen LogP contribution >= 0.6 is 0 Å². The number of amides is 1. The number of carbonyl (C=O) groups excluding carboxylic acids is 2. The first-order chi connectivity index (χ1) is 16.6. The van der Waals surface area contributed by atoms with Crippen molar-refractivity contribution in [1.82, 2.24) is 34.9 Å². The van der Waals surface area contributed by atoms with E-state index in [0.29, 0.717) is 25.6 Å². The molecule has 6 rings (SSSR count). The highest BCUT2D eigenvalue weighted by Crippen LogP contribution is 2.49. The van der Waals surface area contributed by atoms with E-state index < -0.39 is 11.6 Å². The molecule has 3 aliphatic rings. The topological polar surface area (TPSA) is 133 Å². The lowest BCUT2D eigenvalue weighted by Crippen LogP contribution is -2.48. The fourth-order valence-corrected chi connectivity index (χ4v) is 5.88. The van der Waals surface area contributed by atoms with Crippen molar-refractivity contribution in [1.29, 1.82) is 5.26 Å². The number of hydrogen-bond acceptors (Lipinski definition) is 7. The second kappa shape index (κ2) is 8.02. The van der Waals surface area contributed by atoms with Crippen LogP contribution in [0.1, 0.15) is 32.1 Å². The zero-order valence-corrected chi connectivity index (χ0v) is 18.7. The first-order valence-corrected chi connectivity index (χ1v) is 11.8. The average Bonchev–Trinajstić information content (AvgIpc) is 3.23. The number of nitrogens with one attached hydrogen (secondary N) is 2. The number of aromatic amines is 1. The van der Waals surface area contributed by atoms with Crippen molar-refractivity contribution in [3.05, 3.63) is 31.0 Å². The van der Waals surface area contributed by atoms with Gasteiger partial charge in [-0.2, -0.15) is 10.4 Å². The highest BCUT2D eigenvalue weighted by molar-refractivity contribution is 5.96. The molecule has 1 amide bonds. The zero-order valence-electron chi connectivity index (χ0n) is 18.7. The minimum Gasteiger partial charge on any atom is -0.346 e. The van der Waals surface area contributed by atoms with Gasteiger partial charge >= 0.3 is 0 Å². The maximum atomic E-state index is 12.9. The SMILES string of the molecule is N#CCC1(n2cc(-c3ncnc4[nH]ccc34)cn2)C[C@H]2CN(C(=O)C(C=O)NC3CC3)C[C@H]2C1. The van der Waals surface area contributed by atoms with Gasteiger partial charge < -0.3 is 14.7 Å². The first-order valence-electron chi connectivity index (χ1n) is 11.8. The Morgan fingerprint density at radius 3 is 2.82 bits per heavy atom. The molecule has 3 fully saturated rings. The Kier molecular flexibility index (Phi) is 4.95. The van der Waals surface area contributed by atoms with Crippen molar-refractivity contribution in [2.75, 3.05) is 13.1 Å². The van der Waals surface area contributed by atoms with E-state index >= 15 is 0 Å². The van der Waals surface area contributed by atoms with E-state index in [1.54, 1.807) is 6.20 Å². The van der Waals surface area contributed by atoms with Crippen molar-refractivity contribution in [2.45, 2.75) is 49.7 Å². The van der Waals surface area contributed by atoms with Crippen LogP contribution in [0, 0.1) is 23.2 Å². The molecule has 2 N–H and O–H groups in total. The van der Waals surface area contributed by atoms with Gasteiger partial charge in [0.25, 0.3) is 0 Å². The third-order valence-electron chi connectivity index (χ3n) is 7.67. The lowest BCUT2D eigenvalue weighted by atomic mass is 9.92. The Hall–Kier alpha value is -3.58. The third kappa shape index (κ3) is 3.47.